The van der Waals surface area contributed by atoms with Crippen molar-refractivity contribution >= 4 is 32.8 Å². The summed E-state index contributed by atoms with van der Waals surface area (Å²) in [6.45, 7) is 3.30. The molecule has 0 saturated heterocycles. The van der Waals surface area contributed by atoms with E-state index in [1.807, 2.05) is 0 Å². The zero-order valence-corrected chi connectivity index (χ0v) is 12.7. The lowest BCUT2D eigenvalue weighted by Crippen LogP contribution is -1.96. The van der Waals surface area contributed by atoms with Gasteiger partial charge >= 0.3 is 0 Å². The minimum absolute atomic E-state index is 0.0269. The van der Waals surface area contributed by atoms with Gasteiger partial charge in [0.15, 0.2) is 0 Å². The number of hydrogen-bond donors (Lipinski definition) is 4. The number of aromatic hydroxyl groups is 4. The molecule has 1 aromatic carbocycles. The lowest BCUT2D eigenvalue weighted by atomic mass is 10.0. The fourth-order valence-electron chi connectivity index (χ4n) is 2.72. The third-order valence-electron chi connectivity index (χ3n) is 3.97. The van der Waals surface area contributed by atoms with E-state index >= 15 is 0 Å². The van der Waals surface area contributed by atoms with E-state index in [4.69, 9.17) is 0 Å². The highest BCUT2D eigenvalue weighted by molar-refractivity contribution is 6.21. The number of pyridine rings is 2. The first-order chi connectivity index (χ1) is 11.4. The zero-order chi connectivity index (χ0) is 17.2. The maximum atomic E-state index is 9.99. The summed E-state index contributed by atoms with van der Waals surface area (Å²) in [6.07, 6.45) is 0. The first kappa shape index (κ1) is 14.2. The summed E-state index contributed by atoms with van der Waals surface area (Å²) >= 11 is 0. The van der Waals surface area contributed by atoms with Crippen LogP contribution >= 0.6 is 0 Å². The van der Waals surface area contributed by atoms with Crippen LogP contribution in [-0.2, 0) is 0 Å². The number of fused-ring (bicyclic) bond motifs is 6. The predicted molar refractivity (Wildman–Crippen MR) is 86.3 cm³/mol. The third kappa shape index (κ3) is 1.79. The van der Waals surface area contributed by atoms with Gasteiger partial charge in [-0.15, -0.1) is 0 Å². The number of aryl methyl sites for hydroxylation is 2. The summed E-state index contributed by atoms with van der Waals surface area (Å²) in [7, 11) is 0. The van der Waals surface area contributed by atoms with Crippen molar-refractivity contribution in [3.63, 3.8) is 0 Å². The van der Waals surface area contributed by atoms with E-state index in [1.165, 1.54) is 6.07 Å². The molecule has 0 fully saturated rings. The summed E-state index contributed by atoms with van der Waals surface area (Å²) in [5.74, 6) is -1.40. The SMILES string of the molecule is Cc1cc2c(nc1O)c1cc(O)c(C)nc1c1nc(O)c(O)nc21. The van der Waals surface area contributed by atoms with Gasteiger partial charge in [0.25, 0.3) is 11.8 Å². The first-order valence-electron chi connectivity index (χ1n) is 7.09. The molecular formula is C16H12N4O4. The van der Waals surface area contributed by atoms with Crippen molar-refractivity contribution < 1.29 is 20.4 Å². The average Bonchev–Trinajstić information content (AvgIpc) is 2.53. The summed E-state index contributed by atoms with van der Waals surface area (Å²) in [6, 6.07) is 3.13. The third-order valence-corrected chi connectivity index (χ3v) is 3.97. The highest BCUT2D eigenvalue weighted by atomic mass is 16.3. The van der Waals surface area contributed by atoms with Crippen LogP contribution < -0.4 is 0 Å². The molecule has 8 nitrogen and oxygen atoms in total. The second-order valence-corrected chi connectivity index (χ2v) is 5.58. The molecule has 0 aliphatic rings. The van der Waals surface area contributed by atoms with Crippen molar-refractivity contribution in [3.05, 3.63) is 23.4 Å². The molecule has 4 rings (SSSR count). The van der Waals surface area contributed by atoms with Crippen LogP contribution in [-0.4, -0.2) is 40.4 Å². The van der Waals surface area contributed by atoms with Gasteiger partial charge in [0.1, 0.15) is 22.3 Å². The van der Waals surface area contributed by atoms with Gasteiger partial charge in [-0.05, 0) is 26.0 Å². The molecule has 24 heavy (non-hydrogen) atoms. The van der Waals surface area contributed by atoms with Gasteiger partial charge in [-0.25, -0.2) is 19.9 Å². The molecular weight excluding hydrogens is 312 g/mol. The van der Waals surface area contributed by atoms with Crippen LogP contribution in [0, 0.1) is 13.8 Å². The summed E-state index contributed by atoms with van der Waals surface area (Å²) in [4.78, 5) is 16.5. The van der Waals surface area contributed by atoms with Gasteiger partial charge in [0, 0.05) is 16.3 Å². The van der Waals surface area contributed by atoms with Crippen LogP contribution in [0.5, 0.6) is 23.4 Å². The van der Waals surface area contributed by atoms with Crippen molar-refractivity contribution in [2.75, 3.05) is 0 Å². The molecule has 4 aromatic rings. The van der Waals surface area contributed by atoms with E-state index < -0.39 is 11.8 Å². The molecule has 0 unspecified atom stereocenters. The quantitative estimate of drug-likeness (QED) is 0.362. The Kier molecular flexibility index (Phi) is 2.69. The van der Waals surface area contributed by atoms with Crippen LogP contribution in [0.3, 0.4) is 0 Å². The number of hydrogen-bond acceptors (Lipinski definition) is 8. The molecule has 8 heteroatoms. The Bertz CT molecular complexity index is 907. The molecule has 3 aromatic heterocycles. The molecule has 0 spiro atoms. The van der Waals surface area contributed by atoms with Gasteiger partial charge in [0.05, 0.1) is 11.2 Å². The molecule has 3 heterocycles. The van der Waals surface area contributed by atoms with Gasteiger partial charge in [-0.1, -0.05) is 0 Å². The first-order valence-corrected chi connectivity index (χ1v) is 7.09. The standard InChI is InChI=1S/C16H12N4O4/c1-5-3-7-10(18-14(5)22)8-4-9(21)6(2)17-11(8)13-12(7)19-15(23)16(24)20-13/h3-4,21H,1-2H3,(H,18,22)(H,19,23)(H,20,24). The fourth-order valence-corrected chi connectivity index (χ4v) is 2.72. The van der Waals surface area contributed by atoms with E-state index in [0.717, 1.165) is 0 Å². The highest BCUT2D eigenvalue weighted by Crippen LogP contribution is 2.37. The van der Waals surface area contributed by atoms with Crippen molar-refractivity contribution in [1.29, 1.82) is 0 Å². The van der Waals surface area contributed by atoms with E-state index in [1.54, 1.807) is 19.9 Å². The maximum Gasteiger partial charge on any atom is 0.276 e. The Morgan fingerprint density at radius 1 is 0.625 bits per heavy atom. The Hall–Kier alpha value is -3.42. The molecule has 120 valence electrons. The molecule has 0 aliphatic heterocycles. The van der Waals surface area contributed by atoms with E-state index in [0.29, 0.717) is 38.6 Å². The number of aromatic nitrogens is 4. The maximum absolute atomic E-state index is 9.99. The Labute approximate surface area is 134 Å². The lowest BCUT2D eigenvalue weighted by Gasteiger charge is -2.11. The molecule has 4 N–H and O–H groups in total. The van der Waals surface area contributed by atoms with E-state index in [-0.39, 0.29) is 17.1 Å². The summed E-state index contributed by atoms with van der Waals surface area (Å²) in [5.41, 5.74) is 2.16. The number of rotatable bonds is 0. The normalized spacial score (nSPS) is 11.6. The van der Waals surface area contributed by atoms with E-state index in [9.17, 15) is 20.4 Å². The van der Waals surface area contributed by atoms with Crippen molar-refractivity contribution in [1.82, 2.24) is 19.9 Å². The van der Waals surface area contributed by atoms with Gasteiger partial charge in [-0.2, -0.15) is 0 Å². The molecule has 0 bridgehead atoms. The van der Waals surface area contributed by atoms with Crippen molar-refractivity contribution in [2.45, 2.75) is 13.8 Å². The van der Waals surface area contributed by atoms with Crippen LogP contribution in [0.15, 0.2) is 12.1 Å². The molecule has 0 atom stereocenters. The van der Waals surface area contributed by atoms with Gasteiger partial charge in [-0.3, -0.25) is 0 Å². The molecule has 0 amide bonds. The Morgan fingerprint density at radius 3 is 1.88 bits per heavy atom. The highest BCUT2D eigenvalue weighted by Gasteiger charge is 2.19. The Morgan fingerprint density at radius 2 is 1.17 bits per heavy atom. The summed E-state index contributed by atoms with van der Waals surface area (Å²) < 4.78 is 0. The minimum Gasteiger partial charge on any atom is -0.506 e. The molecule has 0 aliphatic carbocycles. The predicted octanol–water partition coefficient (Wildman–Crippen LogP) is 2.17. The van der Waals surface area contributed by atoms with Crippen LogP contribution in [0.25, 0.3) is 32.8 Å². The largest absolute Gasteiger partial charge is 0.506 e. The van der Waals surface area contributed by atoms with Gasteiger partial charge < -0.3 is 20.4 Å². The second kappa shape index (κ2) is 4.54. The average molecular weight is 324 g/mol. The smallest absolute Gasteiger partial charge is 0.276 e. The number of benzene rings is 1. The number of nitrogens with zero attached hydrogens (tertiary/aromatic N) is 4. The minimum atomic E-state index is -0.612. The second-order valence-electron chi connectivity index (χ2n) is 5.58. The van der Waals surface area contributed by atoms with Gasteiger partial charge in [0.2, 0.25) is 5.88 Å². The van der Waals surface area contributed by atoms with Crippen molar-refractivity contribution in [2.24, 2.45) is 0 Å². The summed E-state index contributed by atoms with van der Waals surface area (Å²) in [5, 5.41) is 40.3. The zero-order valence-electron chi connectivity index (χ0n) is 12.7. The molecule has 0 radical (unpaired) electrons. The van der Waals surface area contributed by atoms with E-state index in [2.05, 4.69) is 19.9 Å². The topological polar surface area (TPSA) is 132 Å². The lowest BCUT2D eigenvalue weighted by molar-refractivity contribution is 0.378. The fraction of sp³-hybridized carbons (Fsp3) is 0.125. The van der Waals surface area contributed by atoms with Crippen LogP contribution in [0.2, 0.25) is 0 Å². The monoisotopic (exact) mass is 324 g/mol. The van der Waals surface area contributed by atoms with Crippen LogP contribution in [0.1, 0.15) is 11.3 Å². The van der Waals surface area contributed by atoms with Crippen LogP contribution in [0.4, 0.5) is 0 Å². The molecule has 0 saturated carbocycles. The van der Waals surface area contributed by atoms with Crippen molar-refractivity contribution in [3.8, 4) is 23.4 Å². The Balaban J connectivity index is 2.40.